The van der Waals surface area contributed by atoms with Gasteiger partial charge >= 0.3 is 0 Å². The summed E-state index contributed by atoms with van der Waals surface area (Å²) in [6.45, 7) is 0.267. The molecule has 2 heterocycles. The quantitative estimate of drug-likeness (QED) is 0.817. The van der Waals surface area contributed by atoms with Crippen LogP contribution in [-0.2, 0) is 22.3 Å². The highest BCUT2D eigenvalue weighted by atomic mass is 32.1. The van der Waals surface area contributed by atoms with Crippen molar-refractivity contribution in [3.8, 4) is 0 Å². The number of anilines is 1. The molecule has 124 valence electrons. The molecular weight excluding hydrogens is 314 g/mol. The van der Waals surface area contributed by atoms with Crippen LogP contribution in [0.15, 0.2) is 6.07 Å². The SMILES string of the molecule is COC(CNC(=O)c1sc2nc3c(cc2c1N)CCCC3)OC. The van der Waals surface area contributed by atoms with Crippen molar-refractivity contribution in [2.75, 3.05) is 26.5 Å². The molecule has 0 saturated heterocycles. The lowest BCUT2D eigenvalue weighted by Gasteiger charge is -2.14. The predicted molar refractivity (Wildman–Crippen MR) is 90.8 cm³/mol. The van der Waals surface area contributed by atoms with Gasteiger partial charge in [-0.25, -0.2) is 4.98 Å². The van der Waals surface area contributed by atoms with Crippen LogP contribution < -0.4 is 11.1 Å². The smallest absolute Gasteiger partial charge is 0.263 e. The number of aryl methyl sites for hydroxylation is 2. The molecule has 7 heteroatoms. The summed E-state index contributed by atoms with van der Waals surface area (Å²) in [6, 6.07) is 2.10. The summed E-state index contributed by atoms with van der Waals surface area (Å²) >= 11 is 1.34. The van der Waals surface area contributed by atoms with Crippen LogP contribution in [0.25, 0.3) is 10.2 Å². The zero-order chi connectivity index (χ0) is 16.4. The summed E-state index contributed by atoms with van der Waals surface area (Å²) in [5.74, 6) is -0.220. The van der Waals surface area contributed by atoms with E-state index in [4.69, 9.17) is 20.2 Å². The number of aromatic nitrogens is 1. The molecule has 0 spiro atoms. The van der Waals surface area contributed by atoms with E-state index in [0.717, 1.165) is 28.8 Å². The summed E-state index contributed by atoms with van der Waals surface area (Å²) in [5, 5.41) is 3.67. The van der Waals surface area contributed by atoms with Crippen molar-refractivity contribution < 1.29 is 14.3 Å². The summed E-state index contributed by atoms with van der Waals surface area (Å²) in [6.07, 6.45) is 3.94. The molecule has 0 bridgehead atoms. The Morgan fingerprint density at radius 3 is 2.87 bits per heavy atom. The van der Waals surface area contributed by atoms with E-state index in [1.807, 2.05) is 0 Å². The first kappa shape index (κ1) is 16.2. The third-order valence-corrected chi connectivity index (χ3v) is 5.27. The van der Waals surface area contributed by atoms with Gasteiger partial charge < -0.3 is 20.5 Å². The van der Waals surface area contributed by atoms with Crippen molar-refractivity contribution in [2.24, 2.45) is 0 Å². The molecule has 2 aromatic heterocycles. The van der Waals surface area contributed by atoms with Gasteiger partial charge in [-0.3, -0.25) is 4.79 Å². The second-order valence-corrected chi connectivity index (χ2v) is 6.61. The number of nitrogens with zero attached hydrogens (tertiary/aromatic N) is 1. The molecule has 0 saturated carbocycles. The molecule has 0 unspecified atom stereocenters. The molecule has 6 nitrogen and oxygen atoms in total. The van der Waals surface area contributed by atoms with Crippen LogP contribution in [0.1, 0.15) is 33.8 Å². The number of nitrogens with two attached hydrogens (primary N) is 1. The number of thiophene rings is 1. The van der Waals surface area contributed by atoms with Crippen LogP contribution in [0, 0.1) is 0 Å². The number of methoxy groups -OCH3 is 2. The zero-order valence-corrected chi connectivity index (χ0v) is 14.2. The maximum Gasteiger partial charge on any atom is 0.263 e. The first-order valence-corrected chi connectivity index (χ1v) is 8.50. The fraction of sp³-hybridized carbons (Fsp3) is 0.500. The molecule has 2 aromatic rings. The van der Waals surface area contributed by atoms with Crippen molar-refractivity contribution in [3.63, 3.8) is 0 Å². The van der Waals surface area contributed by atoms with Crippen molar-refractivity contribution >= 4 is 33.1 Å². The minimum Gasteiger partial charge on any atom is -0.397 e. The lowest BCUT2D eigenvalue weighted by atomic mass is 9.95. The van der Waals surface area contributed by atoms with E-state index in [-0.39, 0.29) is 12.5 Å². The second-order valence-electron chi connectivity index (χ2n) is 5.61. The van der Waals surface area contributed by atoms with Crippen LogP contribution in [0.3, 0.4) is 0 Å². The summed E-state index contributed by atoms with van der Waals surface area (Å²) in [5.41, 5.74) is 9.11. The number of rotatable bonds is 5. The van der Waals surface area contributed by atoms with Gasteiger partial charge in [0.2, 0.25) is 0 Å². The number of carbonyl (C=O) groups excluding carboxylic acids is 1. The number of ether oxygens (including phenoxy) is 2. The normalized spacial score (nSPS) is 14.2. The molecule has 3 rings (SSSR count). The fourth-order valence-corrected chi connectivity index (χ4v) is 3.86. The molecule has 0 radical (unpaired) electrons. The van der Waals surface area contributed by atoms with Gasteiger partial charge in [-0.15, -0.1) is 11.3 Å². The lowest BCUT2D eigenvalue weighted by Crippen LogP contribution is -2.34. The number of fused-ring (bicyclic) bond motifs is 2. The molecule has 3 N–H and O–H groups in total. The standard InChI is InChI=1S/C16H21N3O3S/c1-21-12(22-2)8-18-15(20)14-13(17)10-7-9-5-3-4-6-11(9)19-16(10)23-14/h7,12H,3-6,8,17H2,1-2H3,(H,18,20). The van der Waals surface area contributed by atoms with E-state index in [1.165, 1.54) is 44.0 Å². The van der Waals surface area contributed by atoms with Crippen molar-refractivity contribution in [2.45, 2.75) is 32.0 Å². The molecule has 23 heavy (non-hydrogen) atoms. The Balaban J connectivity index is 1.86. The Labute approximate surface area is 139 Å². The van der Waals surface area contributed by atoms with Gasteiger partial charge in [-0.1, -0.05) is 0 Å². The second kappa shape index (κ2) is 6.82. The van der Waals surface area contributed by atoms with Gasteiger partial charge in [0.25, 0.3) is 5.91 Å². The number of hydrogen-bond acceptors (Lipinski definition) is 6. The van der Waals surface area contributed by atoms with Gasteiger partial charge in [0, 0.05) is 25.3 Å². The highest BCUT2D eigenvalue weighted by Crippen LogP contribution is 2.35. The Morgan fingerprint density at radius 1 is 1.39 bits per heavy atom. The Bertz CT molecular complexity index is 725. The predicted octanol–water partition coefficient (Wildman–Crippen LogP) is 2.11. The summed E-state index contributed by atoms with van der Waals surface area (Å²) in [4.78, 5) is 18.4. The Morgan fingerprint density at radius 2 is 2.13 bits per heavy atom. The average Bonchev–Trinajstić information content (AvgIpc) is 2.90. The molecule has 0 aliphatic heterocycles. The van der Waals surface area contributed by atoms with Crippen molar-refractivity contribution in [3.05, 3.63) is 22.2 Å². The third kappa shape index (κ3) is 3.17. The van der Waals surface area contributed by atoms with E-state index in [1.54, 1.807) is 0 Å². The average molecular weight is 335 g/mol. The van der Waals surface area contributed by atoms with Gasteiger partial charge in [-0.05, 0) is 37.3 Å². The molecular formula is C16H21N3O3S. The number of pyridine rings is 1. The van der Waals surface area contributed by atoms with E-state index >= 15 is 0 Å². The number of carbonyl (C=O) groups is 1. The molecule has 1 aliphatic carbocycles. The van der Waals surface area contributed by atoms with E-state index in [2.05, 4.69) is 11.4 Å². The number of amides is 1. The van der Waals surface area contributed by atoms with Gasteiger partial charge in [0.1, 0.15) is 9.71 Å². The van der Waals surface area contributed by atoms with Crippen LogP contribution in [-0.4, -0.2) is 37.9 Å². The maximum absolute atomic E-state index is 12.4. The number of nitrogen functional groups attached to an aromatic ring is 1. The molecule has 0 aromatic carbocycles. The highest BCUT2D eigenvalue weighted by Gasteiger charge is 2.21. The van der Waals surface area contributed by atoms with Gasteiger partial charge in [0.15, 0.2) is 6.29 Å². The Kier molecular flexibility index (Phi) is 4.79. The minimum absolute atomic E-state index is 0.220. The highest BCUT2D eigenvalue weighted by molar-refractivity contribution is 7.21. The lowest BCUT2D eigenvalue weighted by molar-refractivity contribution is -0.0974. The van der Waals surface area contributed by atoms with Crippen LogP contribution in [0.2, 0.25) is 0 Å². The largest absolute Gasteiger partial charge is 0.397 e. The fourth-order valence-electron chi connectivity index (χ4n) is 2.85. The number of nitrogens with one attached hydrogen (secondary N) is 1. The van der Waals surface area contributed by atoms with Crippen LogP contribution >= 0.6 is 11.3 Å². The molecule has 0 fully saturated rings. The van der Waals surface area contributed by atoms with Crippen molar-refractivity contribution in [1.82, 2.24) is 10.3 Å². The van der Waals surface area contributed by atoms with E-state index < -0.39 is 6.29 Å². The zero-order valence-electron chi connectivity index (χ0n) is 13.3. The summed E-state index contributed by atoms with van der Waals surface area (Å²) in [7, 11) is 3.06. The Hall–Kier alpha value is -1.70. The monoisotopic (exact) mass is 335 g/mol. The number of hydrogen-bond donors (Lipinski definition) is 2. The van der Waals surface area contributed by atoms with E-state index in [9.17, 15) is 4.79 Å². The minimum atomic E-state index is -0.472. The first-order valence-electron chi connectivity index (χ1n) is 7.68. The van der Waals surface area contributed by atoms with Gasteiger partial charge in [-0.2, -0.15) is 0 Å². The van der Waals surface area contributed by atoms with E-state index in [0.29, 0.717) is 10.6 Å². The third-order valence-electron chi connectivity index (χ3n) is 4.16. The van der Waals surface area contributed by atoms with Gasteiger partial charge in [0.05, 0.1) is 12.2 Å². The molecule has 1 aliphatic rings. The summed E-state index contributed by atoms with van der Waals surface area (Å²) < 4.78 is 10.1. The van der Waals surface area contributed by atoms with Crippen LogP contribution in [0.4, 0.5) is 5.69 Å². The first-order chi connectivity index (χ1) is 11.1. The topological polar surface area (TPSA) is 86.5 Å². The maximum atomic E-state index is 12.4. The van der Waals surface area contributed by atoms with Crippen LogP contribution in [0.5, 0.6) is 0 Å². The molecule has 0 atom stereocenters. The van der Waals surface area contributed by atoms with Crippen molar-refractivity contribution in [1.29, 1.82) is 0 Å². The molecule has 1 amide bonds.